The summed E-state index contributed by atoms with van der Waals surface area (Å²) in [5.41, 5.74) is 5.66. The number of aromatic nitrogens is 1. The molecule has 2 amide bonds. The summed E-state index contributed by atoms with van der Waals surface area (Å²) in [6, 6.07) is 8.67. The van der Waals surface area contributed by atoms with Crippen LogP contribution in [-0.4, -0.2) is 46.7 Å². The monoisotopic (exact) mass is 455 g/mol. The van der Waals surface area contributed by atoms with Crippen LogP contribution in [0.3, 0.4) is 0 Å². The summed E-state index contributed by atoms with van der Waals surface area (Å²) in [5, 5.41) is 19.6. The summed E-state index contributed by atoms with van der Waals surface area (Å²) < 4.78 is 17.9. The average molecular weight is 455 g/mol. The summed E-state index contributed by atoms with van der Waals surface area (Å²) in [7, 11) is 1.13. The number of esters is 1. The number of phenolic OH excluding ortho intramolecular Hbond substituents is 1. The zero-order chi connectivity index (χ0) is 24.0. The van der Waals surface area contributed by atoms with Gasteiger partial charge in [0.25, 0.3) is 5.91 Å². The molecule has 0 saturated carbocycles. The number of methoxy groups -OCH3 is 1. The number of hydrazine groups is 1. The van der Waals surface area contributed by atoms with E-state index in [0.29, 0.717) is 12.0 Å². The normalized spacial score (nSPS) is 10.6. The molecular weight excluding hydrogens is 433 g/mol. The number of amides is 2. The van der Waals surface area contributed by atoms with Crippen LogP contribution in [0.25, 0.3) is 10.9 Å². The number of ether oxygens (including phenoxy) is 1. The fourth-order valence-electron chi connectivity index (χ4n) is 3.20. The van der Waals surface area contributed by atoms with Crippen molar-refractivity contribution in [2.75, 3.05) is 13.7 Å². The second-order valence-corrected chi connectivity index (χ2v) is 7.18. The van der Waals surface area contributed by atoms with E-state index in [1.54, 1.807) is 18.2 Å². The van der Waals surface area contributed by atoms with Crippen LogP contribution >= 0.6 is 0 Å². The zero-order valence-electron chi connectivity index (χ0n) is 17.7. The Morgan fingerprint density at radius 2 is 1.79 bits per heavy atom. The van der Waals surface area contributed by atoms with Gasteiger partial charge in [-0.1, -0.05) is 12.1 Å². The Morgan fingerprint density at radius 1 is 1.06 bits per heavy atom. The van der Waals surface area contributed by atoms with Crippen LogP contribution in [0.2, 0.25) is 0 Å². The van der Waals surface area contributed by atoms with Gasteiger partial charge in [-0.3, -0.25) is 25.4 Å². The first kappa shape index (κ1) is 23.6. The lowest BCUT2D eigenvalue weighted by Crippen LogP contribution is -2.41. The number of hydrogen-bond acceptors (Lipinski definition) is 7. The van der Waals surface area contributed by atoms with Gasteiger partial charge in [-0.15, -0.1) is 0 Å². The number of aliphatic hydroxyl groups is 1. The number of halogens is 1. The van der Waals surface area contributed by atoms with Gasteiger partial charge in [-0.2, -0.15) is 0 Å². The third-order valence-electron chi connectivity index (χ3n) is 4.85. The van der Waals surface area contributed by atoms with Gasteiger partial charge < -0.3 is 14.9 Å². The highest BCUT2D eigenvalue weighted by molar-refractivity contribution is 6.11. The highest BCUT2D eigenvalue weighted by Gasteiger charge is 2.22. The molecule has 2 aromatic carbocycles. The average Bonchev–Trinajstić information content (AvgIpc) is 2.82. The lowest BCUT2D eigenvalue weighted by Gasteiger charge is -2.13. The van der Waals surface area contributed by atoms with Gasteiger partial charge in [0, 0.05) is 24.6 Å². The van der Waals surface area contributed by atoms with E-state index in [9.17, 15) is 23.9 Å². The Labute approximate surface area is 188 Å². The van der Waals surface area contributed by atoms with Gasteiger partial charge in [0.05, 0.1) is 12.7 Å². The molecule has 1 aromatic heterocycles. The molecule has 0 unspecified atom stereocenters. The summed E-state index contributed by atoms with van der Waals surface area (Å²) in [6.07, 6.45) is 2.09. The zero-order valence-corrected chi connectivity index (χ0v) is 17.7. The van der Waals surface area contributed by atoms with E-state index in [2.05, 4.69) is 20.6 Å². The molecule has 3 rings (SSSR count). The molecule has 0 fully saturated rings. The maximum Gasteiger partial charge on any atom is 0.341 e. The van der Waals surface area contributed by atoms with Crippen molar-refractivity contribution in [2.45, 2.75) is 19.3 Å². The van der Waals surface area contributed by atoms with Crippen molar-refractivity contribution < 1.29 is 33.7 Å². The highest BCUT2D eigenvalue weighted by atomic mass is 19.1. The highest BCUT2D eigenvalue weighted by Crippen LogP contribution is 2.32. The Hall–Kier alpha value is -4.05. The molecule has 0 aliphatic carbocycles. The molecule has 4 N–H and O–H groups in total. The lowest BCUT2D eigenvalue weighted by atomic mass is 9.99. The van der Waals surface area contributed by atoms with Crippen LogP contribution in [0.1, 0.15) is 44.7 Å². The van der Waals surface area contributed by atoms with Crippen molar-refractivity contribution in [3.8, 4) is 5.75 Å². The quantitative estimate of drug-likeness (QED) is 0.316. The molecule has 0 spiro atoms. The molecule has 33 heavy (non-hydrogen) atoms. The maximum atomic E-state index is 13.2. The molecule has 0 bridgehead atoms. The number of carbonyl (C=O) groups excluding carboxylic acids is 3. The predicted octanol–water partition coefficient (Wildman–Crippen LogP) is 1.99. The van der Waals surface area contributed by atoms with Gasteiger partial charge in [0.15, 0.2) is 5.75 Å². The predicted molar refractivity (Wildman–Crippen MR) is 116 cm³/mol. The van der Waals surface area contributed by atoms with Crippen LogP contribution < -0.4 is 10.9 Å². The van der Waals surface area contributed by atoms with Gasteiger partial charge >= 0.3 is 5.97 Å². The Bertz CT molecular complexity index is 1200. The third kappa shape index (κ3) is 5.60. The molecule has 1 heterocycles. The van der Waals surface area contributed by atoms with E-state index in [4.69, 9.17) is 5.11 Å². The second kappa shape index (κ2) is 10.5. The number of rotatable bonds is 7. The van der Waals surface area contributed by atoms with Gasteiger partial charge in [0.1, 0.15) is 16.9 Å². The van der Waals surface area contributed by atoms with Crippen LogP contribution in [0.15, 0.2) is 42.6 Å². The van der Waals surface area contributed by atoms with Crippen molar-refractivity contribution in [3.05, 3.63) is 70.7 Å². The fourth-order valence-corrected chi connectivity index (χ4v) is 3.20. The number of aliphatic hydroxyl groups excluding tert-OH is 1. The van der Waals surface area contributed by atoms with E-state index in [0.717, 1.165) is 18.7 Å². The number of pyridine rings is 1. The molecule has 172 valence electrons. The first-order valence-electron chi connectivity index (χ1n) is 10.0. The first-order valence-corrected chi connectivity index (χ1v) is 10.0. The summed E-state index contributed by atoms with van der Waals surface area (Å²) in [4.78, 5) is 40.9. The SMILES string of the molecule is COC(=O)c1cc(C(=O)NNC(=O)CCCO)c2cc(Cc3ccc(F)cc3)cnc2c1O. The number of carbonyl (C=O) groups is 3. The lowest BCUT2D eigenvalue weighted by molar-refractivity contribution is -0.122. The van der Waals surface area contributed by atoms with Crippen LogP contribution in [0.5, 0.6) is 5.75 Å². The van der Waals surface area contributed by atoms with E-state index in [1.165, 1.54) is 18.3 Å². The van der Waals surface area contributed by atoms with Crippen LogP contribution in [0, 0.1) is 5.82 Å². The van der Waals surface area contributed by atoms with E-state index < -0.39 is 23.5 Å². The topological polar surface area (TPSA) is 138 Å². The molecule has 0 aliphatic rings. The van der Waals surface area contributed by atoms with Gasteiger partial charge in [-0.25, -0.2) is 9.18 Å². The first-order chi connectivity index (χ1) is 15.8. The fraction of sp³-hybridized carbons (Fsp3) is 0.217. The minimum Gasteiger partial charge on any atom is -0.505 e. The second-order valence-electron chi connectivity index (χ2n) is 7.18. The Morgan fingerprint density at radius 3 is 2.45 bits per heavy atom. The number of nitrogens with zero attached hydrogens (tertiary/aromatic N) is 1. The number of aromatic hydroxyl groups is 1. The molecule has 0 aliphatic heterocycles. The Balaban J connectivity index is 2.00. The summed E-state index contributed by atoms with van der Waals surface area (Å²) in [6.45, 7) is -0.172. The molecular formula is C23H22FN3O6. The minimum absolute atomic E-state index is 0.00230. The molecule has 0 atom stereocenters. The summed E-state index contributed by atoms with van der Waals surface area (Å²) in [5.74, 6) is -2.94. The van der Waals surface area contributed by atoms with Crippen molar-refractivity contribution in [2.24, 2.45) is 0 Å². The number of phenols is 1. The van der Waals surface area contributed by atoms with E-state index in [-0.39, 0.29) is 47.3 Å². The van der Waals surface area contributed by atoms with Crippen LogP contribution in [-0.2, 0) is 16.0 Å². The van der Waals surface area contributed by atoms with E-state index >= 15 is 0 Å². The van der Waals surface area contributed by atoms with Gasteiger partial charge in [0.2, 0.25) is 5.91 Å². The van der Waals surface area contributed by atoms with Crippen molar-refractivity contribution >= 4 is 28.7 Å². The van der Waals surface area contributed by atoms with E-state index in [1.807, 2.05) is 0 Å². The standard InChI is InChI=1S/C23H22FN3O6/c1-33-23(32)18-11-17(22(31)27-26-19(29)3-2-8-28)16-10-14(12-25-20(16)21(18)30)9-13-4-6-15(24)7-5-13/h4-7,10-12,28,30H,2-3,8-9H2,1H3,(H,26,29)(H,27,31). The third-order valence-corrected chi connectivity index (χ3v) is 4.85. The molecule has 0 radical (unpaired) electrons. The van der Waals surface area contributed by atoms with Gasteiger partial charge in [-0.05, 0) is 48.2 Å². The molecule has 9 nitrogen and oxygen atoms in total. The van der Waals surface area contributed by atoms with Crippen LogP contribution in [0.4, 0.5) is 4.39 Å². The van der Waals surface area contributed by atoms with Crippen molar-refractivity contribution in [1.29, 1.82) is 0 Å². The molecule has 0 saturated heterocycles. The smallest absolute Gasteiger partial charge is 0.341 e. The largest absolute Gasteiger partial charge is 0.505 e. The minimum atomic E-state index is -0.868. The number of nitrogens with one attached hydrogen (secondary N) is 2. The maximum absolute atomic E-state index is 13.2. The van der Waals surface area contributed by atoms with Crippen molar-refractivity contribution in [1.82, 2.24) is 15.8 Å². The summed E-state index contributed by atoms with van der Waals surface area (Å²) >= 11 is 0. The number of fused-ring (bicyclic) bond motifs is 1. The molecule has 3 aromatic rings. The number of benzene rings is 2. The number of hydrogen-bond donors (Lipinski definition) is 4. The Kier molecular flexibility index (Phi) is 7.52. The molecule has 10 heteroatoms. The van der Waals surface area contributed by atoms with Crippen molar-refractivity contribution in [3.63, 3.8) is 0 Å².